The van der Waals surface area contributed by atoms with Gasteiger partial charge in [-0.15, -0.1) is 11.3 Å². The van der Waals surface area contributed by atoms with Gasteiger partial charge in [0.1, 0.15) is 5.01 Å². The van der Waals surface area contributed by atoms with E-state index in [2.05, 4.69) is 37.0 Å². The topological polar surface area (TPSA) is 33.1 Å². The summed E-state index contributed by atoms with van der Waals surface area (Å²) >= 11 is 1.54. The molecule has 0 bridgehead atoms. The molecule has 0 aliphatic heterocycles. The molecule has 0 fully saturated rings. The van der Waals surface area contributed by atoms with Crippen LogP contribution in [0.3, 0.4) is 0 Å². The van der Waals surface area contributed by atoms with Crippen molar-refractivity contribution in [3.63, 3.8) is 0 Å². The fourth-order valence-electron chi connectivity index (χ4n) is 1.61. The van der Waals surface area contributed by atoms with Crippen molar-refractivity contribution < 1.29 is 5.11 Å². The standard InChI is InChI=1S/C12H13NOS/c1-8-3-9(2)5-10(4-8)12-13-6-11(7-14)15-12/h3-6,14H,7H2,1-2H3. The number of rotatable bonds is 2. The van der Waals surface area contributed by atoms with Gasteiger partial charge in [-0.1, -0.05) is 17.2 Å². The van der Waals surface area contributed by atoms with Gasteiger partial charge in [-0.3, -0.25) is 0 Å². The molecule has 0 radical (unpaired) electrons. The van der Waals surface area contributed by atoms with E-state index >= 15 is 0 Å². The lowest BCUT2D eigenvalue weighted by molar-refractivity contribution is 0.285. The highest BCUT2D eigenvalue weighted by atomic mass is 32.1. The average Bonchev–Trinajstić information content (AvgIpc) is 2.64. The van der Waals surface area contributed by atoms with Crippen LogP contribution in [0.5, 0.6) is 0 Å². The molecule has 15 heavy (non-hydrogen) atoms. The first kappa shape index (κ1) is 10.3. The van der Waals surface area contributed by atoms with Gasteiger partial charge in [0.05, 0.1) is 11.5 Å². The SMILES string of the molecule is Cc1cc(C)cc(-c2ncc(CO)s2)c1. The molecule has 0 saturated heterocycles. The number of nitrogens with zero attached hydrogens (tertiary/aromatic N) is 1. The average molecular weight is 219 g/mol. The van der Waals surface area contributed by atoms with Crippen molar-refractivity contribution in [2.75, 3.05) is 0 Å². The zero-order valence-corrected chi connectivity index (χ0v) is 9.64. The maximum Gasteiger partial charge on any atom is 0.123 e. The Hall–Kier alpha value is -1.19. The number of aryl methyl sites for hydroxylation is 2. The van der Waals surface area contributed by atoms with E-state index < -0.39 is 0 Å². The predicted octanol–water partition coefficient (Wildman–Crippen LogP) is 2.92. The van der Waals surface area contributed by atoms with E-state index in [9.17, 15) is 0 Å². The van der Waals surface area contributed by atoms with Crippen molar-refractivity contribution in [3.05, 3.63) is 40.4 Å². The lowest BCUT2D eigenvalue weighted by Gasteiger charge is -2.01. The minimum absolute atomic E-state index is 0.0719. The van der Waals surface area contributed by atoms with E-state index in [1.807, 2.05) is 0 Å². The van der Waals surface area contributed by atoms with Crippen molar-refractivity contribution in [1.82, 2.24) is 4.98 Å². The molecule has 1 aromatic heterocycles. The smallest absolute Gasteiger partial charge is 0.123 e. The number of aromatic nitrogens is 1. The van der Waals surface area contributed by atoms with Crippen molar-refractivity contribution in [1.29, 1.82) is 0 Å². The molecule has 0 saturated carbocycles. The Morgan fingerprint density at radius 3 is 2.40 bits per heavy atom. The molecule has 2 rings (SSSR count). The van der Waals surface area contributed by atoms with Gasteiger partial charge < -0.3 is 5.11 Å². The molecular formula is C12H13NOS. The van der Waals surface area contributed by atoms with E-state index in [0.717, 1.165) is 15.4 Å². The molecule has 0 spiro atoms. The Labute approximate surface area is 93.2 Å². The monoisotopic (exact) mass is 219 g/mol. The maximum absolute atomic E-state index is 8.98. The van der Waals surface area contributed by atoms with Gasteiger partial charge in [0.15, 0.2) is 0 Å². The zero-order chi connectivity index (χ0) is 10.8. The Morgan fingerprint density at radius 1 is 1.20 bits per heavy atom. The summed E-state index contributed by atoms with van der Waals surface area (Å²) in [6.45, 7) is 4.23. The summed E-state index contributed by atoms with van der Waals surface area (Å²) in [5, 5.41) is 9.96. The van der Waals surface area contributed by atoms with Crippen LogP contribution < -0.4 is 0 Å². The highest BCUT2D eigenvalue weighted by molar-refractivity contribution is 7.15. The second kappa shape index (κ2) is 4.13. The van der Waals surface area contributed by atoms with E-state index in [-0.39, 0.29) is 6.61 Å². The fraction of sp³-hybridized carbons (Fsp3) is 0.250. The van der Waals surface area contributed by atoms with Gasteiger partial charge in [-0.05, 0) is 26.0 Å². The molecule has 1 N–H and O–H groups in total. The number of aliphatic hydroxyl groups excluding tert-OH is 1. The predicted molar refractivity (Wildman–Crippen MR) is 62.9 cm³/mol. The van der Waals surface area contributed by atoms with Crippen molar-refractivity contribution in [3.8, 4) is 10.6 Å². The Morgan fingerprint density at radius 2 is 1.87 bits per heavy atom. The van der Waals surface area contributed by atoms with Crippen molar-refractivity contribution >= 4 is 11.3 Å². The van der Waals surface area contributed by atoms with Gasteiger partial charge >= 0.3 is 0 Å². The molecule has 0 aliphatic rings. The molecule has 1 aromatic carbocycles. The second-order valence-corrected chi connectivity index (χ2v) is 4.78. The minimum Gasteiger partial charge on any atom is -0.391 e. The van der Waals surface area contributed by atoms with Gasteiger partial charge in [0, 0.05) is 11.8 Å². The van der Waals surface area contributed by atoms with Crippen molar-refractivity contribution in [2.24, 2.45) is 0 Å². The highest BCUT2D eigenvalue weighted by Gasteiger charge is 2.04. The first-order valence-corrected chi connectivity index (χ1v) is 5.65. The molecule has 0 unspecified atom stereocenters. The maximum atomic E-state index is 8.98. The third-order valence-corrected chi connectivity index (χ3v) is 3.21. The van der Waals surface area contributed by atoms with Gasteiger partial charge in [-0.25, -0.2) is 4.98 Å². The number of benzene rings is 1. The molecule has 1 heterocycles. The quantitative estimate of drug-likeness (QED) is 0.842. The van der Waals surface area contributed by atoms with E-state index in [4.69, 9.17) is 5.11 Å². The Balaban J connectivity index is 2.44. The molecule has 0 aliphatic carbocycles. The minimum atomic E-state index is 0.0719. The van der Waals surface area contributed by atoms with Crippen LogP contribution in [-0.2, 0) is 6.61 Å². The largest absolute Gasteiger partial charge is 0.391 e. The summed E-state index contributed by atoms with van der Waals surface area (Å²) in [7, 11) is 0. The van der Waals surface area contributed by atoms with Gasteiger partial charge in [0.25, 0.3) is 0 Å². The summed E-state index contributed by atoms with van der Waals surface area (Å²) in [6.07, 6.45) is 1.73. The van der Waals surface area contributed by atoms with Crippen LogP contribution in [0.1, 0.15) is 16.0 Å². The van der Waals surface area contributed by atoms with Crippen LogP contribution in [0.15, 0.2) is 24.4 Å². The Kier molecular flexibility index (Phi) is 2.84. The summed E-state index contributed by atoms with van der Waals surface area (Å²) in [5.74, 6) is 0. The van der Waals surface area contributed by atoms with E-state index in [1.54, 1.807) is 17.5 Å². The van der Waals surface area contributed by atoms with Crippen LogP contribution in [-0.4, -0.2) is 10.1 Å². The van der Waals surface area contributed by atoms with Crippen LogP contribution in [0.2, 0.25) is 0 Å². The summed E-state index contributed by atoms with van der Waals surface area (Å²) in [5.41, 5.74) is 3.62. The van der Waals surface area contributed by atoms with E-state index in [1.165, 1.54) is 11.1 Å². The lowest BCUT2D eigenvalue weighted by Crippen LogP contribution is -1.81. The number of hydrogen-bond acceptors (Lipinski definition) is 3. The molecule has 2 aromatic rings. The molecule has 78 valence electrons. The van der Waals surface area contributed by atoms with Gasteiger partial charge in [0.2, 0.25) is 0 Å². The molecule has 3 heteroatoms. The summed E-state index contributed by atoms with van der Waals surface area (Å²) in [6, 6.07) is 6.38. The highest BCUT2D eigenvalue weighted by Crippen LogP contribution is 2.26. The number of aliphatic hydroxyl groups is 1. The van der Waals surface area contributed by atoms with E-state index in [0.29, 0.717) is 0 Å². The number of thiazole rings is 1. The van der Waals surface area contributed by atoms with Gasteiger partial charge in [-0.2, -0.15) is 0 Å². The normalized spacial score (nSPS) is 10.6. The second-order valence-electron chi connectivity index (χ2n) is 3.67. The molecule has 2 nitrogen and oxygen atoms in total. The zero-order valence-electron chi connectivity index (χ0n) is 8.82. The lowest BCUT2D eigenvalue weighted by atomic mass is 10.1. The number of hydrogen-bond donors (Lipinski definition) is 1. The van der Waals surface area contributed by atoms with Crippen LogP contribution in [0, 0.1) is 13.8 Å². The van der Waals surface area contributed by atoms with Crippen molar-refractivity contribution in [2.45, 2.75) is 20.5 Å². The molecular weight excluding hydrogens is 206 g/mol. The summed E-state index contributed by atoms with van der Waals surface area (Å²) in [4.78, 5) is 5.20. The molecule has 0 amide bonds. The summed E-state index contributed by atoms with van der Waals surface area (Å²) < 4.78 is 0. The third-order valence-electron chi connectivity index (χ3n) is 2.18. The van der Waals surface area contributed by atoms with Crippen LogP contribution in [0.4, 0.5) is 0 Å². The van der Waals surface area contributed by atoms with Crippen LogP contribution in [0.25, 0.3) is 10.6 Å². The first-order chi connectivity index (χ1) is 7.19. The fourth-order valence-corrected chi connectivity index (χ4v) is 2.37. The Bertz CT molecular complexity index is 456. The molecule has 0 atom stereocenters. The first-order valence-electron chi connectivity index (χ1n) is 4.83. The van der Waals surface area contributed by atoms with Crippen LogP contribution >= 0.6 is 11.3 Å². The third kappa shape index (κ3) is 2.25.